The van der Waals surface area contributed by atoms with Crippen LogP contribution in [0.15, 0.2) is 62.6 Å². The van der Waals surface area contributed by atoms with Crippen molar-refractivity contribution in [3.05, 3.63) is 87.5 Å². The summed E-state index contributed by atoms with van der Waals surface area (Å²) in [6.07, 6.45) is 0.663. The van der Waals surface area contributed by atoms with Crippen LogP contribution in [-0.2, 0) is 16.4 Å². The number of sulfonamides is 1. The Balaban J connectivity index is 1.78. The Kier molecular flexibility index (Phi) is 6.24. The smallest absolute Gasteiger partial charge is 0.408 e. The van der Waals surface area contributed by atoms with Crippen LogP contribution in [0.25, 0.3) is 11.1 Å². The standard InChI is InChI=1S/C23H22F2N4O4S/c1-13-15(9-10-26)5-3-6-16(13)14(2)29-18-11-17(24)20(12-19(18)33-23(29)30)34(31,32)28-22-8-4-7-21(25)27-22/h3-8,11-12,14H,9-10,26H2,1-2H3,(H,27,28)/t14-/m1/s1. The molecule has 0 amide bonds. The summed E-state index contributed by atoms with van der Waals surface area (Å²) in [6.45, 7) is 4.15. The molecule has 0 radical (unpaired) electrons. The van der Waals surface area contributed by atoms with E-state index in [0.29, 0.717) is 13.0 Å². The maximum Gasteiger partial charge on any atom is 0.420 e. The van der Waals surface area contributed by atoms with Crippen LogP contribution in [0.2, 0.25) is 0 Å². The van der Waals surface area contributed by atoms with Crippen LogP contribution in [0.4, 0.5) is 14.6 Å². The van der Waals surface area contributed by atoms with Crippen molar-refractivity contribution in [3.8, 4) is 0 Å². The third kappa shape index (κ3) is 4.31. The molecule has 0 aliphatic heterocycles. The fourth-order valence-electron chi connectivity index (χ4n) is 3.99. The number of rotatable bonds is 7. The van der Waals surface area contributed by atoms with E-state index in [0.717, 1.165) is 34.9 Å². The molecule has 0 saturated heterocycles. The summed E-state index contributed by atoms with van der Waals surface area (Å²) in [7, 11) is -4.48. The summed E-state index contributed by atoms with van der Waals surface area (Å²) in [5.74, 6) is -3.09. The molecule has 2 aromatic carbocycles. The van der Waals surface area contributed by atoms with E-state index in [9.17, 15) is 17.6 Å². The molecule has 11 heteroatoms. The summed E-state index contributed by atoms with van der Waals surface area (Å²) < 4.78 is 62.3. The molecule has 0 saturated carbocycles. The molecule has 3 N–H and O–H groups in total. The summed E-state index contributed by atoms with van der Waals surface area (Å²) in [5.41, 5.74) is 8.48. The quantitative estimate of drug-likeness (QED) is 0.384. The van der Waals surface area contributed by atoms with E-state index >= 15 is 4.39 Å². The van der Waals surface area contributed by atoms with Crippen LogP contribution in [0, 0.1) is 18.7 Å². The second-order valence-electron chi connectivity index (χ2n) is 7.79. The zero-order valence-corrected chi connectivity index (χ0v) is 19.2. The molecule has 4 rings (SSSR count). The molecule has 0 spiro atoms. The number of aromatic nitrogens is 2. The Labute approximate surface area is 194 Å². The Morgan fingerprint density at radius 1 is 1.18 bits per heavy atom. The van der Waals surface area contributed by atoms with E-state index in [4.69, 9.17) is 10.2 Å². The van der Waals surface area contributed by atoms with Crippen LogP contribution >= 0.6 is 0 Å². The van der Waals surface area contributed by atoms with E-state index in [1.165, 1.54) is 16.7 Å². The normalized spacial score (nSPS) is 12.7. The summed E-state index contributed by atoms with van der Waals surface area (Å²) in [4.78, 5) is 15.4. The van der Waals surface area contributed by atoms with Gasteiger partial charge in [0.25, 0.3) is 10.0 Å². The first-order valence-electron chi connectivity index (χ1n) is 10.4. The van der Waals surface area contributed by atoms with Gasteiger partial charge in [-0.2, -0.15) is 4.39 Å². The van der Waals surface area contributed by atoms with E-state index < -0.39 is 38.5 Å². The molecule has 8 nitrogen and oxygen atoms in total. The fourth-order valence-corrected chi connectivity index (χ4v) is 5.06. The maximum absolute atomic E-state index is 15.0. The lowest BCUT2D eigenvalue weighted by atomic mass is 9.96. The van der Waals surface area contributed by atoms with Gasteiger partial charge in [-0.3, -0.25) is 9.29 Å². The summed E-state index contributed by atoms with van der Waals surface area (Å²) >= 11 is 0. The molecule has 0 unspecified atom stereocenters. The topological polar surface area (TPSA) is 120 Å². The highest BCUT2D eigenvalue weighted by Gasteiger charge is 2.25. The number of anilines is 1. The van der Waals surface area contributed by atoms with Gasteiger partial charge in [-0.15, -0.1) is 0 Å². The average Bonchev–Trinajstić information content (AvgIpc) is 3.08. The maximum atomic E-state index is 15.0. The first kappa shape index (κ1) is 23.6. The average molecular weight is 489 g/mol. The number of nitrogens with one attached hydrogen (secondary N) is 1. The monoisotopic (exact) mass is 488 g/mol. The van der Waals surface area contributed by atoms with Crippen molar-refractivity contribution in [1.29, 1.82) is 0 Å². The number of benzene rings is 2. The van der Waals surface area contributed by atoms with Gasteiger partial charge < -0.3 is 10.2 Å². The van der Waals surface area contributed by atoms with Crippen molar-refractivity contribution in [2.45, 2.75) is 31.2 Å². The van der Waals surface area contributed by atoms with Crippen molar-refractivity contribution >= 4 is 26.9 Å². The van der Waals surface area contributed by atoms with Gasteiger partial charge in [-0.05, 0) is 55.6 Å². The molecule has 0 bridgehead atoms. The number of oxazole rings is 1. The third-order valence-electron chi connectivity index (χ3n) is 5.65. The number of nitrogens with two attached hydrogens (primary N) is 1. The molecule has 2 aromatic heterocycles. The molecule has 0 fully saturated rings. The van der Waals surface area contributed by atoms with E-state index in [1.54, 1.807) is 6.92 Å². The third-order valence-corrected chi connectivity index (χ3v) is 7.02. The molecule has 1 atom stereocenters. The van der Waals surface area contributed by atoms with Gasteiger partial charge in [0.1, 0.15) is 16.5 Å². The zero-order chi connectivity index (χ0) is 24.6. The fraction of sp³-hybridized carbons (Fsp3) is 0.217. The summed E-state index contributed by atoms with van der Waals surface area (Å²) in [6, 6.07) is 10.5. The number of hydrogen-bond acceptors (Lipinski definition) is 6. The predicted molar refractivity (Wildman–Crippen MR) is 123 cm³/mol. The van der Waals surface area contributed by atoms with E-state index in [-0.39, 0.29) is 16.9 Å². The first-order valence-corrected chi connectivity index (χ1v) is 11.9. The van der Waals surface area contributed by atoms with Gasteiger partial charge in [-0.25, -0.2) is 22.6 Å². The van der Waals surface area contributed by atoms with Gasteiger partial charge >= 0.3 is 5.76 Å². The highest BCUT2D eigenvalue weighted by Crippen LogP contribution is 2.29. The Morgan fingerprint density at radius 2 is 1.91 bits per heavy atom. The van der Waals surface area contributed by atoms with Gasteiger partial charge in [0.05, 0.1) is 11.6 Å². The predicted octanol–water partition coefficient (Wildman–Crippen LogP) is 3.49. The Bertz CT molecular complexity index is 1550. The second kappa shape index (κ2) is 8.99. The molecule has 2 heterocycles. The second-order valence-corrected chi connectivity index (χ2v) is 9.44. The molecular weight excluding hydrogens is 466 g/mol. The van der Waals surface area contributed by atoms with Crippen LogP contribution in [0.1, 0.15) is 29.7 Å². The number of pyridine rings is 1. The SMILES string of the molecule is Cc1c(CCN)cccc1[C@@H](C)n1c(=O)oc2cc(S(=O)(=O)Nc3cccc(F)n3)c(F)cc21. The van der Waals surface area contributed by atoms with Gasteiger partial charge in [0.15, 0.2) is 5.58 Å². The number of fused-ring (bicyclic) bond motifs is 1. The lowest BCUT2D eigenvalue weighted by Crippen LogP contribution is -2.20. The van der Waals surface area contributed by atoms with Crippen LogP contribution in [-0.4, -0.2) is 24.5 Å². The van der Waals surface area contributed by atoms with Crippen molar-refractivity contribution < 1.29 is 21.6 Å². The van der Waals surface area contributed by atoms with Gasteiger partial charge in [0.2, 0.25) is 5.95 Å². The largest absolute Gasteiger partial charge is 0.420 e. The van der Waals surface area contributed by atoms with Crippen LogP contribution < -0.4 is 16.2 Å². The molecule has 0 aliphatic rings. The zero-order valence-electron chi connectivity index (χ0n) is 18.4. The Hall–Kier alpha value is -3.57. The molecular formula is C23H22F2N4O4S. The highest BCUT2D eigenvalue weighted by molar-refractivity contribution is 7.92. The molecule has 4 aromatic rings. The lowest BCUT2D eigenvalue weighted by molar-refractivity contribution is 0.488. The van der Waals surface area contributed by atoms with Crippen molar-refractivity contribution in [2.75, 3.05) is 11.3 Å². The van der Waals surface area contributed by atoms with Gasteiger partial charge in [0, 0.05) is 12.1 Å². The Morgan fingerprint density at radius 3 is 2.62 bits per heavy atom. The number of nitrogens with zero attached hydrogens (tertiary/aromatic N) is 2. The van der Waals surface area contributed by atoms with Crippen molar-refractivity contribution in [2.24, 2.45) is 5.73 Å². The molecule has 34 heavy (non-hydrogen) atoms. The molecule has 0 aliphatic carbocycles. The minimum absolute atomic E-state index is 0.0986. The summed E-state index contributed by atoms with van der Waals surface area (Å²) in [5, 5.41) is 0. The number of halogens is 2. The van der Waals surface area contributed by atoms with Crippen molar-refractivity contribution in [3.63, 3.8) is 0 Å². The minimum Gasteiger partial charge on any atom is -0.408 e. The molecule has 178 valence electrons. The van der Waals surface area contributed by atoms with Gasteiger partial charge in [-0.1, -0.05) is 24.3 Å². The van der Waals surface area contributed by atoms with Crippen LogP contribution in [0.3, 0.4) is 0 Å². The first-order chi connectivity index (χ1) is 16.1. The van der Waals surface area contributed by atoms with Crippen LogP contribution in [0.5, 0.6) is 0 Å². The van der Waals surface area contributed by atoms with E-state index in [2.05, 4.69) is 4.98 Å². The lowest BCUT2D eigenvalue weighted by Gasteiger charge is -2.18. The van der Waals surface area contributed by atoms with E-state index in [1.807, 2.05) is 29.8 Å². The highest BCUT2D eigenvalue weighted by atomic mass is 32.2. The number of hydrogen-bond donors (Lipinski definition) is 2. The van der Waals surface area contributed by atoms with Crippen molar-refractivity contribution in [1.82, 2.24) is 9.55 Å². The minimum atomic E-state index is -4.48.